The predicted molar refractivity (Wildman–Crippen MR) is 113 cm³/mol. The number of nitrogens with one attached hydrogen (secondary N) is 1. The lowest BCUT2D eigenvalue weighted by Crippen LogP contribution is -2.37. The lowest BCUT2D eigenvalue weighted by Gasteiger charge is -2.29. The lowest BCUT2D eigenvalue weighted by atomic mass is 10.0. The number of aryl methyl sites for hydroxylation is 1. The maximum absolute atomic E-state index is 13.1. The Hall–Kier alpha value is -2.89. The highest BCUT2D eigenvalue weighted by atomic mass is 16.5. The first-order valence-electron chi connectivity index (χ1n) is 10.2. The summed E-state index contributed by atoms with van der Waals surface area (Å²) in [5.74, 6) is 1.06. The Bertz CT molecular complexity index is 879. The number of para-hydroxylation sites is 1. The lowest BCUT2D eigenvalue weighted by molar-refractivity contribution is -0.118. The molecule has 0 saturated heterocycles. The van der Waals surface area contributed by atoms with Gasteiger partial charge in [0, 0.05) is 24.8 Å². The van der Waals surface area contributed by atoms with E-state index in [0.717, 1.165) is 36.2 Å². The first-order chi connectivity index (χ1) is 14.0. The van der Waals surface area contributed by atoms with Crippen LogP contribution in [0.4, 0.5) is 5.69 Å². The van der Waals surface area contributed by atoms with E-state index < -0.39 is 0 Å². The van der Waals surface area contributed by atoms with Crippen LogP contribution in [0.1, 0.15) is 48.3 Å². The summed E-state index contributed by atoms with van der Waals surface area (Å²) >= 11 is 0. The molecule has 1 aliphatic heterocycles. The Morgan fingerprint density at radius 2 is 2.07 bits per heavy atom. The van der Waals surface area contributed by atoms with Crippen LogP contribution in [0.25, 0.3) is 0 Å². The Kier molecular flexibility index (Phi) is 6.86. The van der Waals surface area contributed by atoms with Gasteiger partial charge in [-0.2, -0.15) is 0 Å². The van der Waals surface area contributed by atoms with E-state index in [-0.39, 0.29) is 18.2 Å². The van der Waals surface area contributed by atoms with Crippen LogP contribution in [0.2, 0.25) is 0 Å². The molecule has 0 spiro atoms. The number of hydrogen-bond acceptors (Lipinski definition) is 4. The highest BCUT2D eigenvalue weighted by molar-refractivity contribution is 5.99. The highest BCUT2D eigenvalue weighted by Gasteiger charge is 2.25. The van der Waals surface area contributed by atoms with Gasteiger partial charge in [0.05, 0.1) is 30.5 Å². The van der Waals surface area contributed by atoms with E-state index in [9.17, 15) is 9.59 Å². The van der Waals surface area contributed by atoms with Crippen LogP contribution in [0.5, 0.6) is 5.75 Å². The van der Waals surface area contributed by atoms with E-state index in [4.69, 9.17) is 4.74 Å². The zero-order valence-electron chi connectivity index (χ0n) is 17.4. The quantitative estimate of drug-likeness (QED) is 0.780. The minimum atomic E-state index is -0.149. The van der Waals surface area contributed by atoms with Crippen LogP contribution < -0.4 is 15.0 Å². The van der Waals surface area contributed by atoms with Crippen LogP contribution in [0.15, 0.2) is 36.5 Å². The van der Waals surface area contributed by atoms with Crippen molar-refractivity contribution in [1.82, 2.24) is 10.3 Å². The summed E-state index contributed by atoms with van der Waals surface area (Å²) in [5, 5.41) is 2.94. The van der Waals surface area contributed by atoms with Crippen molar-refractivity contribution in [2.24, 2.45) is 5.92 Å². The fourth-order valence-corrected chi connectivity index (χ4v) is 3.50. The molecule has 0 saturated carbocycles. The number of carbonyl (C=O) groups is 2. The number of methoxy groups -OCH3 is 1. The summed E-state index contributed by atoms with van der Waals surface area (Å²) in [7, 11) is 1.60. The molecule has 3 rings (SSSR count). The molecule has 1 aliphatic rings. The fourth-order valence-electron chi connectivity index (χ4n) is 3.50. The smallest absolute Gasteiger partial charge is 0.252 e. The number of pyridine rings is 1. The van der Waals surface area contributed by atoms with E-state index in [0.29, 0.717) is 30.3 Å². The molecule has 1 aromatic carbocycles. The van der Waals surface area contributed by atoms with E-state index in [1.54, 1.807) is 24.3 Å². The van der Waals surface area contributed by atoms with Gasteiger partial charge in [-0.05, 0) is 37.3 Å². The number of aromatic nitrogens is 1. The fraction of sp³-hybridized carbons (Fsp3) is 0.435. The van der Waals surface area contributed by atoms with E-state index >= 15 is 0 Å². The van der Waals surface area contributed by atoms with Gasteiger partial charge < -0.3 is 15.0 Å². The number of anilines is 1. The Balaban J connectivity index is 1.78. The van der Waals surface area contributed by atoms with Crippen LogP contribution >= 0.6 is 0 Å². The van der Waals surface area contributed by atoms with Crippen molar-refractivity contribution in [2.45, 2.75) is 39.5 Å². The van der Waals surface area contributed by atoms with Crippen LogP contribution in [-0.4, -0.2) is 37.0 Å². The normalized spacial score (nSPS) is 13.2. The number of hydrogen-bond donors (Lipinski definition) is 1. The van der Waals surface area contributed by atoms with Gasteiger partial charge in [0.15, 0.2) is 0 Å². The van der Waals surface area contributed by atoms with Gasteiger partial charge in [0.1, 0.15) is 5.75 Å². The first kappa shape index (κ1) is 20.8. The molecule has 0 radical (unpaired) electrons. The van der Waals surface area contributed by atoms with Gasteiger partial charge in [0.25, 0.3) is 5.91 Å². The van der Waals surface area contributed by atoms with Gasteiger partial charge in [-0.15, -0.1) is 0 Å². The Morgan fingerprint density at radius 3 is 2.83 bits per heavy atom. The topological polar surface area (TPSA) is 71.5 Å². The predicted octanol–water partition coefficient (Wildman–Crippen LogP) is 3.39. The monoisotopic (exact) mass is 395 g/mol. The molecule has 0 bridgehead atoms. The van der Waals surface area contributed by atoms with Crippen molar-refractivity contribution >= 4 is 17.5 Å². The summed E-state index contributed by atoms with van der Waals surface area (Å²) in [6.07, 6.45) is 4.44. The maximum Gasteiger partial charge on any atom is 0.252 e. The second kappa shape index (κ2) is 9.54. The van der Waals surface area contributed by atoms with E-state index in [1.165, 1.54) is 0 Å². The van der Waals surface area contributed by atoms with Gasteiger partial charge in [0.2, 0.25) is 5.91 Å². The van der Waals surface area contributed by atoms with Crippen molar-refractivity contribution < 1.29 is 14.3 Å². The van der Waals surface area contributed by atoms with Crippen LogP contribution in [0, 0.1) is 5.92 Å². The minimum Gasteiger partial charge on any atom is -0.496 e. The third kappa shape index (κ3) is 5.13. The Morgan fingerprint density at radius 1 is 1.28 bits per heavy atom. The summed E-state index contributed by atoms with van der Waals surface area (Å²) in [4.78, 5) is 31.8. The number of ether oxygens (including phenoxy) is 1. The highest BCUT2D eigenvalue weighted by Crippen LogP contribution is 2.28. The van der Waals surface area contributed by atoms with Crippen molar-refractivity contribution in [2.75, 3.05) is 25.1 Å². The Labute approximate surface area is 172 Å². The molecule has 2 heterocycles. The minimum absolute atomic E-state index is 0.0189. The van der Waals surface area contributed by atoms with Crippen molar-refractivity contribution in [3.8, 4) is 5.75 Å². The summed E-state index contributed by atoms with van der Waals surface area (Å²) in [6.45, 7) is 5.50. The number of carbonyl (C=O) groups excluding carboxylic acids is 2. The number of fused-ring (bicyclic) bond motifs is 1. The molecule has 154 valence electrons. The largest absolute Gasteiger partial charge is 0.496 e. The molecule has 1 N–H and O–H groups in total. The third-order valence-electron chi connectivity index (χ3n) is 5.14. The van der Waals surface area contributed by atoms with Gasteiger partial charge in [-0.25, -0.2) is 0 Å². The second-order valence-electron chi connectivity index (χ2n) is 7.77. The van der Waals surface area contributed by atoms with Gasteiger partial charge in [-0.1, -0.05) is 32.0 Å². The van der Waals surface area contributed by atoms with E-state index in [2.05, 4.69) is 24.1 Å². The van der Waals surface area contributed by atoms with Crippen molar-refractivity contribution in [3.63, 3.8) is 0 Å². The maximum atomic E-state index is 13.1. The number of amides is 2. The SMILES string of the molecule is COc1ccccc1CC(=O)N1CCCc2ncc(C(=O)NCCC(C)C)cc21. The summed E-state index contributed by atoms with van der Waals surface area (Å²) in [5.41, 5.74) is 2.95. The van der Waals surface area contributed by atoms with E-state index in [1.807, 2.05) is 24.3 Å². The molecule has 1 aromatic heterocycles. The van der Waals surface area contributed by atoms with Crippen molar-refractivity contribution in [1.29, 1.82) is 0 Å². The third-order valence-corrected chi connectivity index (χ3v) is 5.14. The van der Waals surface area contributed by atoms with Gasteiger partial charge >= 0.3 is 0 Å². The molecule has 6 heteroatoms. The molecule has 29 heavy (non-hydrogen) atoms. The number of nitrogens with zero attached hydrogens (tertiary/aromatic N) is 2. The molecule has 2 aromatic rings. The first-order valence-corrected chi connectivity index (χ1v) is 10.2. The molecule has 2 amide bonds. The molecule has 0 fully saturated rings. The van der Waals surface area contributed by atoms with Crippen LogP contribution in [-0.2, 0) is 17.6 Å². The molecular weight excluding hydrogens is 366 g/mol. The zero-order chi connectivity index (χ0) is 20.8. The zero-order valence-corrected chi connectivity index (χ0v) is 17.4. The summed E-state index contributed by atoms with van der Waals surface area (Å²) in [6, 6.07) is 9.34. The number of benzene rings is 1. The van der Waals surface area contributed by atoms with Gasteiger partial charge in [-0.3, -0.25) is 14.6 Å². The standard InChI is InChI=1S/C23H29N3O3/c1-16(2)10-11-24-23(28)18-13-20-19(25-15-18)8-6-12-26(20)22(27)14-17-7-4-5-9-21(17)29-3/h4-5,7,9,13,15-16H,6,8,10-12,14H2,1-3H3,(H,24,28). The molecule has 0 atom stereocenters. The van der Waals surface area contributed by atoms with Crippen molar-refractivity contribution in [3.05, 3.63) is 53.3 Å². The average molecular weight is 396 g/mol. The molecular formula is C23H29N3O3. The van der Waals surface area contributed by atoms with Crippen LogP contribution in [0.3, 0.4) is 0 Å². The number of rotatable bonds is 7. The second-order valence-corrected chi connectivity index (χ2v) is 7.77. The summed E-state index contributed by atoms with van der Waals surface area (Å²) < 4.78 is 5.37. The molecule has 0 unspecified atom stereocenters. The molecule has 0 aliphatic carbocycles. The average Bonchev–Trinajstić information content (AvgIpc) is 2.72. The molecule has 6 nitrogen and oxygen atoms in total.